The number of fused-ring (bicyclic) bond motifs is 1. The Labute approximate surface area is 162 Å². The van der Waals surface area contributed by atoms with Crippen LogP contribution in [0, 0.1) is 6.92 Å². The number of hydrogen-bond acceptors (Lipinski definition) is 4. The van der Waals surface area contributed by atoms with E-state index in [1.54, 1.807) is 0 Å². The summed E-state index contributed by atoms with van der Waals surface area (Å²) in [4.78, 5) is 21.2. The van der Waals surface area contributed by atoms with Gasteiger partial charge >= 0.3 is 0 Å². The maximum atomic E-state index is 13.5. The quantitative estimate of drug-likeness (QED) is 0.682. The average Bonchev–Trinajstić information content (AvgIpc) is 3.30. The van der Waals surface area contributed by atoms with Gasteiger partial charge in [-0.15, -0.1) is 11.3 Å². The van der Waals surface area contributed by atoms with Gasteiger partial charge in [-0.25, -0.2) is 4.98 Å². The molecule has 2 aliphatic rings. The molecule has 140 valence electrons. The normalized spacial score (nSPS) is 18.1. The van der Waals surface area contributed by atoms with Crippen LogP contribution in [0.1, 0.15) is 41.7 Å². The molecule has 1 amide bonds. The van der Waals surface area contributed by atoms with Crippen molar-refractivity contribution in [1.82, 2.24) is 14.3 Å². The van der Waals surface area contributed by atoms with Crippen molar-refractivity contribution in [3.8, 4) is 11.3 Å². The Morgan fingerprint density at radius 1 is 1.19 bits per heavy atom. The zero-order chi connectivity index (χ0) is 18.4. The molecule has 0 N–H and O–H groups in total. The van der Waals surface area contributed by atoms with Crippen molar-refractivity contribution in [3.63, 3.8) is 0 Å². The molecule has 0 unspecified atom stereocenters. The first-order valence-electron chi connectivity index (χ1n) is 9.65. The van der Waals surface area contributed by atoms with Crippen molar-refractivity contribution < 1.29 is 9.53 Å². The molecule has 3 aromatic rings. The van der Waals surface area contributed by atoms with Crippen molar-refractivity contribution in [1.29, 1.82) is 0 Å². The van der Waals surface area contributed by atoms with Gasteiger partial charge in [0.2, 0.25) is 0 Å². The summed E-state index contributed by atoms with van der Waals surface area (Å²) in [5.74, 6) is 0.143. The number of imidazole rings is 1. The SMILES string of the molecule is Cc1ccccc1-c1cn2c(C(=O)N(C3CCOCC3)C3CC3)csc2n1. The summed E-state index contributed by atoms with van der Waals surface area (Å²) in [7, 11) is 0. The fourth-order valence-corrected chi connectivity index (χ4v) is 4.85. The van der Waals surface area contributed by atoms with Crippen molar-refractivity contribution in [2.24, 2.45) is 0 Å². The molecule has 0 spiro atoms. The van der Waals surface area contributed by atoms with Crippen molar-refractivity contribution >= 4 is 22.2 Å². The third kappa shape index (κ3) is 3.07. The lowest BCUT2D eigenvalue weighted by molar-refractivity contribution is 0.0263. The number of rotatable bonds is 4. The number of aryl methyl sites for hydroxylation is 1. The predicted octanol–water partition coefficient (Wildman–Crippen LogP) is 4.15. The minimum Gasteiger partial charge on any atom is -0.381 e. The van der Waals surface area contributed by atoms with E-state index in [9.17, 15) is 4.79 Å². The van der Waals surface area contributed by atoms with Gasteiger partial charge in [0, 0.05) is 42.4 Å². The molecule has 2 aromatic heterocycles. The number of aromatic nitrogens is 2. The zero-order valence-electron chi connectivity index (χ0n) is 15.4. The molecule has 6 heteroatoms. The van der Waals surface area contributed by atoms with Gasteiger partial charge < -0.3 is 9.64 Å². The van der Waals surface area contributed by atoms with E-state index in [2.05, 4.69) is 24.0 Å². The second kappa shape index (κ2) is 6.77. The second-order valence-corrected chi connectivity index (χ2v) is 8.34. The van der Waals surface area contributed by atoms with Crippen LogP contribution in [-0.2, 0) is 4.74 Å². The fourth-order valence-electron chi connectivity index (χ4n) is 4.01. The van der Waals surface area contributed by atoms with Gasteiger partial charge in [-0.1, -0.05) is 24.3 Å². The van der Waals surface area contributed by atoms with Gasteiger partial charge in [0.15, 0.2) is 4.96 Å². The Morgan fingerprint density at radius 2 is 1.93 bits per heavy atom. The number of carbonyl (C=O) groups excluding carboxylic acids is 1. The Bertz CT molecular complexity index is 982. The number of nitrogens with zero attached hydrogens (tertiary/aromatic N) is 3. The number of thiazole rings is 1. The first-order valence-corrected chi connectivity index (χ1v) is 10.5. The van der Waals surface area contributed by atoms with E-state index in [1.165, 1.54) is 16.9 Å². The monoisotopic (exact) mass is 381 g/mol. The molecule has 5 nitrogen and oxygen atoms in total. The Morgan fingerprint density at radius 3 is 2.67 bits per heavy atom. The minimum atomic E-state index is 0.143. The van der Waals surface area contributed by atoms with Gasteiger partial charge in [-0.3, -0.25) is 9.20 Å². The number of ether oxygens (including phenoxy) is 1. The first-order chi connectivity index (χ1) is 13.2. The van der Waals surface area contributed by atoms with Gasteiger partial charge in [-0.2, -0.15) is 0 Å². The van der Waals surface area contributed by atoms with Crippen LogP contribution >= 0.6 is 11.3 Å². The van der Waals surface area contributed by atoms with E-state index in [0.717, 1.165) is 60.8 Å². The molecule has 0 bridgehead atoms. The molecule has 5 rings (SSSR count). The Balaban J connectivity index is 1.50. The molecule has 1 saturated carbocycles. The lowest BCUT2D eigenvalue weighted by atomic mass is 10.1. The van der Waals surface area contributed by atoms with Crippen LogP contribution in [0.2, 0.25) is 0 Å². The van der Waals surface area contributed by atoms with Crippen LogP contribution in [0.3, 0.4) is 0 Å². The van der Waals surface area contributed by atoms with Gasteiger partial charge in [0.05, 0.1) is 5.69 Å². The van der Waals surface area contributed by atoms with E-state index in [4.69, 9.17) is 9.72 Å². The Kier molecular flexibility index (Phi) is 4.25. The smallest absolute Gasteiger partial charge is 0.272 e. The van der Waals surface area contributed by atoms with Gasteiger partial charge in [0.25, 0.3) is 5.91 Å². The highest BCUT2D eigenvalue weighted by Crippen LogP contribution is 2.34. The van der Waals surface area contributed by atoms with Crippen molar-refractivity contribution in [2.45, 2.75) is 44.7 Å². The lowest BCUT2D eigenvalue weighted by Crippen LogP contribution is -2.45. The lowest BCUT2D eigenvalue weighted by Gasteiger charge is -2.34. The van der Waals surface area contributed by atoms with Crippen LogP contribution in [0.4, 0.5) is 0 Å². The minimum absolute atomic E-state index is 0.143. The van der Waals surface area contributed by atoms with E-state index < -0.39 is 0 Å². The van der Waals surface area contributed by atoms with Crippen LogP contribution in [0.25, 0.3) is 16.2 Å². The van der Waals surface area contributed by atoms with Crippen LogP contribution in [-0.4, -0.2) is 45.5 Å². The highest BCUT2D eigenvalue weighted by atomic mass is 32.1. The number of amides is 1. The molecule has 2 fully saturated rings. The van der Waals surface area contributed by atoms with E-state index in [1.807, 2.05) is 28.1 Å². The standard InChI is InChI=1S/C21H23N3O2S/c1-14-4-2-3-5-17(14)18-12-23-19(13-27-21(23)22-18)20(25)24(15-6-7-15)16-8-10-26-11-9-16/h2-5,12-13,15-16H,6-11H2,1H3. The molecule has 0 atom stereocenters. The number of hydrogen-bond donors (Lipinski definition) is 0. The summed E-state index contributed by atoms with van der Waals surface area (Å²) in [6.45, 7) is 3.60. The summed E-state index contributed by atoms with van der Waals surface area (Å²) in [6.07, 6.45) is 6.13. The molecular weight excluding hydrogens is 358 g/mol. The van der Waals surface area contributed by atoms with Gasteiger partial charge in [0.1, 0.15) is 5.69 Å². The summed E-state index contributed by atoms with van der Waals surface area (Å²) in [6, 6.07) is 8.94. The molecule has 1 saturated heterocycles. The highest BCUT2D eigenvalue weighted by Gasteiger charge is 2.39. The zero-order valence-corrected chi connectivity index (χ0v) is 16.2. The maximum Gasteiger partial charge on any atom is 0.272 e. The van der Waals surface area contributed by atoms with Crippen LogP contribution in [0.5, 0.6) is 0 Å². The van der Waals surface area contributed by atoms with E-state index >= 15 is 0 Å². The van der Waals surface area contributed by atoms with E-state index in [0.29, 0.717) is 12.1 Å². The van der Waals surface area contributed by atoms with Crippen LogP contribution < -0.4 is 0 Å². The predicted molar refractivity (Wildman–Crippen MR) is 106 cm³/mol. The molecule has 0 radical (unpaired) electrons. The Hall–Kier alpha value is -2.18. The number of carbonyl (C=O) groups is 1. The molecular formula is C21H23N3O2S. The number of benzene rings is 1. The molecule has 1 aromatic carbocycles. The molecule has 27 heavy (non-hydrogen) atoms. The molecule has 1 aliphatic carbocycles. The molecule has 3 heterocycles. The summed E-state index contributed by atoms with van der Waals surface area (Å²) in [5, 5.41) is 1.96. The van der Waals surface area contributed by atoms with Gasteiger partial charge in [-0.05, 0) is 38.2 Å². The van der Waals surface area contributed by atoms with Crippen molar-refractivity contribution in [3.05, 3.63) is 47.1 Å². The highest BCUT2D eigenvalue weighted by molar-refractivity contribution is 7.15. The second-order valence-electron chi connectivity index (χ2n) is 7.50. The summed E-state index contributed by atoms with van der Waals surface area (Å²) < 4.78 is 7.48. The largest absolute Gasteiger partial charge is 0.381 e. The topological polar surface area (TPSA) is 46.8 Å². The first kappa shape index (κ1) is 17.0. The van der Waals surface area contributed by atoms with Crippen LogP contribution in [0.15, 0.2) is 35.8 Å². The average molecular weight is 382 g/mol. The third-order valence-corrected chi connectivity index (χ3v) is 6.45. The summed E-state index contributed by atoms with van der Waals surface area (Å²) in [5.41, 5.74) is 3.98. The third-order valence-electron chi connectivity index (χ3n) is 5.61. The summed E-state index contributed by atoms with van der Waals surface area (Å²) >= 11 is 1.54. The molecule has 1 aliphatic heterocycles. The van der Waals surface area contributed by atoms with Crippen molar-refractivity contribution in [2.75, 3.05) is 13.2 Å². The fraction of sp³-hybridized carbons (Fsp3) is 0.429. The maximum absolute atomic E-state index is 13.5. The van der Waals surface area contributed by atoms with E-state index in [-0.39, 0.29) is 5.91 Å².